The van der Waals surface area contributed by atoms with Gasteiger partial charge in [-0.1, -0.05) is 18.2 Å². The summed E-state index contributed by atoms with van der Waals surface area (Å²) < 4.78 is 10.8. The van der Waals surface area contributed by atoms with Gasteiger partial charge >= 0.3 is 0 Å². The average molecular weight is 624 g/mol. The lowest BCUT2D eigenvalue weighted by Gasteiger charge is -2.14. The molecule has 0 aromatic heterocycles. The van der Waals surface area contributed by atoms with Crippen molar-refractivity contribution in [2.75, 3.05) is 24.9 Å². The van der Waals surface area contributed by atoms with Gasteiger partial charge < -0.3 is 25.4 Å². The van der Waals surface area contributed by atoms with Crippen molar-refractivity contribution in [3.63, 3.8) is 0 Å². The maximum absolute atomic E-state index is 13.5. The first-order valence-corrected chi connectivity index (χ1v) is 14.8. The van der Waals surface area contributed by atoms with E-state index in [9.17, 15) is 19.2 Å². The molecule has 0 aliphatic carbocycles. The second-order valence-electron chi connectivity index (χ2n) is 9.85. The van der Waals surface area contributed by atoms with Gasteiger partial charge in [-0.25, -0.2) is 0 Å². The van der Waals surface area contributed by atoms with Gasteiger partial charge in [0.05, 0.1) is 19.5 Å². The Balaban J connectivity index is 1.47. The molecule has 3 N–H and O–H groups in total. The normalized spacial score (nSPS) is 11.6. The third kappa shape index (κ3) is 9.07. The fraction of sp³-hybridized carbons (Fsp3) is 0.143. The monoisotopic (exact) mass is 623 g/mol. The Labute approximate surface area is 266 Å². The van der Waals surface area contributed by atoms with Crippen LogP contribution in [0.5, 0.6) is 11.5 Å². The van der Waals surface area contributed by atoms with E-state index in [0.29, 0.717) is 39.6 Å². The van der Waals surface area contributed by atoms with E-state index < -0.39 is 17.1 Å². The van der Waals surface area contributed by atoms with Gasteiger partial charge in [-0.05, 0) is 98.8 Å². The molecule has 4 aromatic carbocycles. The highest BCUT2D eigenvalue weighted by Crippen LogP contribution is 2.28. The van der Waals surface area contributed by atoms with Crippen molar-refractivity contribution < 1.29 is 28.7 Å². The lowest BCUT2D eigenvalue weighted by atomic mass is 10.1. The number of nitrogens with one attached hydrogen (secondary N) is 3. The number of hydrogen-bond donors (Lipinski definition) is 3. The van der Waals surface area contributed by atoms with Gasteiger partial charge in [-0.3, -0.25) is 19.2 Å². The van der Waals surface area contributed by atoms with E-state index in [1.807, 2.05) is 0 Å². The van der Waals surface area contributed by atoms with Crippen molar-refractivity contribution in [2.45, 2.75) is 24.0 Å². The number of rotatable bonds is 12. The minimum atomic E-state index is -0.548. The Hall–Kier alpha value is -5.35. The Kier molecular flexibility index (Phi) is 11.1. The minimum Gasteiger partial charge on any atom is -0.497 e. The second-order valence-corrected chi connectivity index (χ2v) is 11.3. The molecular formula is C35H33N3O6S. The molecule has 1 atom stereocenters. The van der Waals surface area contributed by atoms with E-state index in [2.05, 4.69) is 16.0 Å². The molecule has 0 radical (unpaired) electrons. The van der Waals surface area contributed by atoms with Gasteiger partial charge in [0.1, 0.15) is 17.2 Å². The Morgan fingerprint density at radius 1 is 0.756 bits per heavy atom. The second kappa shape index (κ2) is 15.4. The van der Waals surface area contributed by atoms with E-state index in [-0.39, 0.29) is 17.4 Å². The third-order valence-electron chi connectivity index (χ3n) is 6.62. The van der Waals surface area contributed by atoms with Crippen LogP contribution in [0.2, 0.25) is 0 Å². The van der Waals surface area contributed by atoms with Crippen LogP contribution in [0.1, 0.15) is 40.1 Å². The van der Waals surface area contributed by atoms with Crippen LogP contribution in [-0.4, -0.2) is 43.0 Å². The summed E-state index contributed by atoms with van der Waals surface area (Å²) in [6.45, 7) is 3.28. The summed E-state index contributed by atoms with van der Waals surface area (Å²) in [5, 5.41) is 7.98. The van der Waals surface area contributed by atoms with E-state index in [0.717, 1.165) is 4.90 Å². The molecule has 4 rings (SSSR count). The number of carbonyl (C=O) groups is 4. The van der Waals surface area contributed by atoms with Gasteiger partial charge in [-0.15, -0.1) is 11.8 Å². The molecule has 45 heavy (non-hydrogen) atoms. The molecule has 0 aliphatic rings. The fourth-order valence-corrected chi connectivity index (χ4v) is 5.02. The van der Waals surface area contributed by atoms with Crippen LogP contribution in [0.15, 0.2) is 108 Å². The summed E-state index contributed by atoms with van der Waals surface area (Å²) in [4.78, 5) is 51.5. The van der Waals surface area contributed by atoms with Crippen LogP contribution in [0.3, 0.4) is 0 Å². The minimum absolute atomic E-state index is 0.00418. The predicted molar refractivity (Wildman–Crippen MR) is 177 cm³/mol. The fourth-order valence-electron chi connectivity index (χ4n) is 4.16. The van der Waals surface area contributed by atoms with Crippen molar-refractivity contribution in [1.82, 2.24) is 5.32 Å². The first-order valence-electron chi connectivity index (χ1n) is 14.0. The van der Waals surface area contributed by atoms with E-state index in [4.69, 9.17) is 9.47 Å². The first-order chi connectivity index (χ1) is 21.7. The number of hydrogen-bond acceptors (Lipinski definition) is 7. The quantitative estimate of drug-likeness (QED) is 0.0944. The molecule has 0 fully saturated rings. The number of ether oxygens (including phenoxy) is 2. The number of amides is 3. The van der Waals surface area contributed by atoms with Crippen LogP contribution >= 0.6 is 11.8 Å². The third-order valence-corrected chi connectivity index (χ3v) is 7.73. The predicted octanol–water partition coefficient (Wildman–Crippen LogP) is 6.44. The summed E-state index contributed by atoms with van der Waals surface area (Å²) >= 11 is 1.36. The molecule has 0 saturated carbocycles. The molecule has 0 aliphatic heterocycles. The summed E-state index contributed by atoms with van der Waals surface area (Å²) in [5.74, 6) is -0.191. The zero-order valence-corrected chi connectivity index (χ0v) is 26.1. The van der Waals surface area contributed by atoms with Crippen LogP contribution in [0.25, 0.3) is 6.08 Å². The summed E-state index contributed by atoms with van der Waals surface area (Å²) in [5.41, 5.74) is 2.58. The number of ketones is 1. The summed E-state index contributed by atoms with van der Waals surface area (Å²) in [7, 11) is 3.04. The maximum atomic E-state index is 13.5. The van der Waals surface area contributed by atoms with E-state index in [1.54, 1.807) is 104 Å². The Morgan fingerprint density at radius 2 is 1.40 bits per heavy atom. The largest absolute Gasteiger partial charge is 0.497 e. The molecule has 0 bridgehead atoms. The lowest BCUT2D eigenvalue weighted by Crippen LogP contribution is -2.30. The van der Waals surface area contributed by atoms with Gasteiger partial charge in [0.25, 0.3) is 11.8 Å². The van der Waals surface area contributed by atoms with Crippen molar-refractivity contribution in [1.29, 1.82) is 0 Å². The molecule has 0 heterocycles. The highest BCUT2D eigenvalue weighted by Gasteiger charge is 2.18. The summed E-state index contributed by atoms with van der Waals surface area (Å²) in [6.07, 6.45) is 1.52. The molecule has 0 saturated heterocycles. The zero-order valence-electron chi connectivity index (χ0n) is 25.3. The number of anilines is 2. The average Bonchev–Trinajstić information content (AvgIpc) is 3.05. The van der Waals surface area contributed by atoms with Gasteiger partial charge in [0.15, 0.2) is 5.78 Å². The van der Waals surface area contributed by atoms with Crippen LogP contribution in [0.4, 0.5) is 11.4 Å². The van der Waals surface area contributed by atoms with E-state index >= 15 is 0 Å². The number of methoxy groups -OCH3 is 2. The first kappa shape index (κ1) is 32.6. The maximum Gasteiger partial charge on any atom is 0.272 e. The zero-order chi connectivity index (χ0) is 32.3. The van der Waals surface area contributed by atoms with Crippen LogP contribution in [-0.2, 0) is 9.59 Å². The molecule has 4 aromatic rings. The SMILES string of the molecule is COc1ccc(OC)c(/C=C(\NC(=O)c2ccccc2)C(=O)Nc2ccc(SC(C)C(=O)Nc3ccc(C(C)=O)cc3)cc2)c1. The number of carbonyl (C=O) groups excluding carboxylic acids is 4. The van der Waals surface area contributed by atoms with Crippen LogP contribution in [0, 0.1) is 0 Å². The Bertz CT molecular complexity index is 1700. The topological polar surface area (TPSA) is 123 Å². The Morgan fingerprint density at radius 3 is 2.02 bits per heavy atom. The highest BCUT2D eigenvalue weighted by atomic mass is 32.2. The number of thioether (sulfide) groups is 1. The molecule has 1 unspecified atom stereocenters. The molecular weight excluding hydrogens is 590 g/mol. The van der Waals surface area contributed by atoms with Crippen molar-refractivity contribution in [3.05, 3.63) is 119 Å². The lowest BCUT2D eigenvalue weighted by molar-refractivity contribution is -0.115. The van der Waals surface area contributed by atoms with Gasteiger partial charge in [-0.2, -0.15) is 0 Å². The standard InChI is InChI=1S/C35H33N3O6S/c1-22(39)24-10-12-27(13-11-24)36-33(40)23(2)45-30-17-14-28(15-18-30)37-35(42)31(38-34(41)25-8-6-5-7-9-25)21-26-20-29(43-3)16-19-32(26)44-4/h5-21,23H,1-4H3,(H,36,40)(H,37,42)(H,38,41)/b31-21-. The molecule has 0 spiro atoms. The van der Waals surface area contributed by atoms with Gasteiger partial charge in [0.2, 0.25) is 5.91 Å². The van der Waals surface area contributed by atoms with Gasteiger partial charge in [0, 0.05) is 33.0 Å². The van der Waals surface area contributed by atoms with Crippen LogP contribution < -0.4 is 25.4 Å². The molecule has 10 heteroatoms. The molecule has 230 valence electrons. The van der Waals surface area contributed by atoms with Crippen molar-refractivity contribution in [2.24, 2.45) is 0 Å². The summed E-state index contributed by atoms with van der Waals surface area (Å²) in [6, 6.07) is 27.5. The smallest absolute Gasteiger partial charge is 0.272 e. The van der Waals surface area contributed by atoms with Crippen molar-refractivity contribution >= 4 is 52.7 Å². The van der Waals surface area contributed by atoms with Crippen molar-refractivity contribution in [3.8, 4) is 11.5 Å². The number of Topliss-reactive ketones (excluding diaryl/α,β-unsaturated/α-hetero) is 1. The molecule has 3 amide bonds. The molecule has 9 nitrogen and oxygen atoms in total. The highest BCUT2D eigenvalue weighted by molar-refractivity contribution is 8.00. The van der Waals surface area contributed by atoms with E-state index in [1.165, 1.54) is 39.0 Å². The number of benzene rings is 4.